The fraction of sp³-hybridized carbons (Fsp3) is 0.583. The van der Waals surface area contributed by atoms with Gasteiger partial charge in [0.1, 0.15) is 12.1 Å². The van der Waals surface area contributed by atoms with Crippen molar-refractivity contribution in [3.05, 3.63) is 24.3 Å². The number of para-hydroxylation sites is 2. The number of hydrogen-bond donors (Lipinski definition) is 2. The van der Waals surface area contributed by atoms with Gasteiger partial charge in [-0.2, -0.15) is 0 Å². The van der Waals surface area contributed by atoms with Crippen LogP contribution in [0.1, 0.15) is 70.8 Å². The number of carbonyl (C=O) groups is 3. The predicted octanol–water partition coefficient (Wildman–Crippen LogP) is 3.98. The Hall–Kier alpha value is -2.90. The van der Waals surface area contributed by atoms with Gasteiger partial charge in [0.25, 0.3) is 5.91 Å². The number of nitrogens with zero attached hydrogens (tertiary/aromatic N) is 3. The van der Waals surface area contributed by atoms with E-state index in [4.69, 9.17) is 0 Å². The van der Waals surface area contributed by atoms with E-state index in [1.807, 2.05) is 24.3 Å². The quantitative estimate of drug-likeness (QED) is 0.707. The van der Waals surface area contributed by atoms with E-state index in [-0.39, 0.29) is 18.5 Å². The average molecular weight is 438 g/mol. The minimum absolute atomic E-state index is 0.273. The summed E-state index contributed by atoms with van der Waals surface area (Å²) in [6.07, 6.45) is 8.73. The van der Waals surface area contributed by atoms with Crippen molar-refractivity contribution in [2.45, 2.75) is 76.3 Å². The van der Waals surface area contributed by atoms with Crippen LogP contribution < -0.4 is 10.6 Å². The first-order valence-electron chi connectivity index (χ1n) is 11.9. The summed E-state index contributed by atoms with van der Waals surface area (Å²) in [6.45, 7) is 1.87. The third-order valence-electron chi connectivity index (χ3n) is 7.46. The van der Waals surface area contributed by atoms with E-state index >= 15 is 0 Å². The van der Waals surface area contributed by atoms with Crippen LogP contribution in [0.5, 0.6) is 0 Å². The lowest BCUT2D eigenvalue weighted by atomic mass is 9.77. The Kier molecular flexibility index (Phi) is 5.39. The summed E-state index contributed by atoms with van der Waals surface area (Å²) >= 11 is 0. The van der Waals surface area contributed by atoms with Gasteiger partial charge >= 0.3 is 6.03 Å². The van der Waals surface area contributed by atoms with Gasteiger partial charge in [0.15, 0.2) is 0 Å². The van der Waals surface area contributed by atoms with Gasteiger partial charge in [-0.1, -0.05) is 38.3 Å². The molecule has 3 aliphatic rings. The van der Waals surface area contributed by atoms with Crippen molar-refractivity contribution in [2.75, 3.05) is 11.9 Å². The van der Waals surface area contributed by atoms with Gasteiger partial charge in [-0.15, -0.1) is 0 Å². The second-order valence-corrected chi connectivity index (χ2v) is 9.72. The molecule has 2 N–H and O–H groups in total. The molecule has 2 aliphatic carbocycles. The number of benzene rings is 1. The van der Waals surface area contributed by atoms with Gasteiger partial charge in [0.05, 0.1) is 11.0 Å². The number of anilines is 1. The maximum Gasteiger partial charge on any atom is 0.325 e. The SMILES string of the molecule is CC1CCC2(CC1)NC(=O)N(CC(=O)Nc1nc3ccccc3n1C1CCCCC1)C2=O. The number of hydrogen-bond acceptors (Lipinski definition) is 4. The molecule has 170 valence electrons. The second kappa shape index (κ2) is 8.22. The van der Waals surface area contributed by atoms with Crippen molar-refractivity contribution in [1.29, 1.82) is 0 Å². The number of urea groups is 1. The van der Waals surface area contributed by atoms with Gasteiger partial charge in [-0.25, -0.2) is 9.78 Å². The summed E-state index contributed by atoms with van der Waals surface area (Å²) in [5.74, 6) is 0.374. The molecular formula is C24H31N5O3. The first-order valence-corrected chi connectivity index (χ1v) is 11.9. The van der Waals surface area contributed by atoms with Gasteiger partial charge in [0.2, 0.25) is 11.9 Å². The Morgan fingerprint density at radius 2 is 1.84 bits per heavy atom. The monoisotopic (exact) mass is 437 g/mol. The third kappa shape index (κ3) is 3.65. The molecule has 0 bridgehead atoms. The summed E-state index contributed by atoms with van der Waals surface area (Å²) in [7, 11) is 0. The van der Waals surface area contributed by atoms with Crippen molar-refractivity contribution < 1.29 is 14.4 Å². The van der Waals surface area contributed by atoms with Crippen molar-refractivity contribution in [2.24, 2.45) is 5.92 Å². The zero-order valence-corrected chi connectivity index (χ0v) is 18.6. The van der Waals surface area contributed by atoms with Gasteiger partial charge in [-0.3, -0.25) is 19.8 Å². The Labute approximate surface area is 187 Å². The number of aromatic nitrogens is 2. The van der Waals surface area contributed by atoms with Crippen molar-refractivity contribution in [3.8, 4) is 0 Å². The molecule has 2 heterocycles. The van der Waals surface area contributed by atoms with Crippen molar-refractivity contribution in [1.82, 2.24) is 19.8 Å². The van der Waals surface area contributed by atoms with E-state index in [0.717, 1.165) is 54.5 Å². The molecule has 0 atom stereocenters. The van der Waals surface area contributed by atoms with Gasteiger partial charge in [0, 0.05) is 6.04 Å². The fourth-order valence-electron chi connectivity index (χ4n) is 5.56. The van der Waals surface area contributed by atoms with E-state index in [2.05, 4.69) is 27.1 Å². The molecule has 5 rings (SSSR count). The number of fused-ring (bicyclic) bond motifs is 1. The van der Waals surface area contributed by atoms with Crippen LogP contribution in [-0.4, -0.2) is 44.4 Å². The molecule has 4 amide bonds. The maximum atomic E-state index is 13.1. The van der Waals surface area contributed by atoms with Crippen LogP contribution in [0.4, 0.5) is 10.7 Å². The van der Waals surface area contributed by atoms with Crippen LogP contribution in [0, 0.1) is 5.92 Å². The van der Waals surface area contributed by atoms with Crippen molar-refractivity contribution >= 4 is 34.8 Å². The average Bonchev–Trinajstić information content (AvgIpc) is 3.26. The molecule has 8 heteroatoms. The van der Waals surface area contributed by atoms with Crippen LogP contribution in [0.3, 0.4) is 0 Å². The molecule has 32 heavy (non-hydrogen) atoms. The summed E-state index contributed by atoms with van der Waals surface area (Å²) in [6, 6.07) is 7.69. The smallest absolute Gasteiger partial charge is 0.323 e. The number of rotatable bonds is 4. The van der Waals surface area contributed by atoms with Gasteiger partial charge in [-0.05, 0) is 56.6 Å². The Bertz CT molecular complexity index is 1050. The lowest BCUT2D eigenvalue weighted by Gasteiger charge is -2.33. The summed E-state index contributed by atoms with van der Waals surface area (Å²) in [5, 5.41) is 5.78. The van der Waals surface area contributed by atoms with Crippen LogP contribution in [0.2, 0.25) is 0 Å². The first-order chi connectivity index (χ1) is 15.5. The molecular weight excluding hydrogens is 406 g/mol. The highest BCUT2D eigenvalue weighted by Crippen LogP contribution is 2.37. The Balaban J connectivity index is 1.34. The molecule has 2 saturated carbocycles. The Morgan fingerprint density at radius 3 is 2.59 bits per heavy atom. The van der Waals surface area contributed by atoms with Gasteiger partial charge < -0.3 is 9.88 Å². The summed E-state index contributed by atoms with van der Waals surface area (Å²) in [5.41, 5.74) is 0.998. The molecule has 2 aromatic rings. The zero-order chi connectivity index (χ0) is 22.3. The fourth-order valence-corrected chi connectivity index (χ4v) is 5.56. The van der Waals surface area contributed by atoms with Crippen LogP contribution in [0.25, 0.3) is 11.0 Å². The van der Waals surface area contributed by atoms with E-state index < -0.39 is 17.5 Å². The van der Waals surface area contributed by atoms with Crippen LogP contribution >= 0.6 is 0 Å². The number of carbonyl (C=O) groups excluding carboxylic acids is 3. The first kappa shape index (κ1) is 21.0. The van der Waals surface area contributed by atoms with E-state index in [1.54, 1.807) is 0 Å². The topological polar surface area (TPSA) is 96.3 Å². The molecule has 1 aromatic carbocycles. The number of nitrogens with one attached hydrogen (secondary N) is 2. The zero-order valence-electron chi connectivity index (χ0n) is 18.6. The molecule has 1 saturated heterocycles. The predicted molar refractivity (Wildman–Crippen MR) is 121 cm³/mol. The molecule has 0 unspecified atom stereocenters. The number of imidazole rings is 1. The van der Waals surface area contributed by atoms with Crippen LogP contribution in [-0.2, 0) is 9.59 Å². The van der Waals surface area contributed by atoms with E-state index in [0.29, 0.717) is 24.7 Å². The largest absolute Gasteiger partial charge is 0.325 e. The molecule has 3 fully saturated rings. The summed E-state index contributed by atoms with van der Waals surface area (Å²) in [4.78, 5) is 44.3. The van der Waals surface area contributed by atoms with E-state index in [9.17, 15) is 14.4 Å². The second-order valence-electron chi connectivity index (χ2n) is 9.72. The maximum absolute atomic E-state index is 13.1. The minimum atomic E-state index is -0.834. The normalized spacial score (nSPS) is 26.7. The number of amides is 4. The molecule has 1 aliphatic heterocycles. The molecule has 8 nitrogen and oxygen atoms in total. The Morgan fingerprint density at radius 1 is 1.12 bits per heavy atom. The lowest BCUT2D eigenvalue weighted by molar-refractivity contribution is -0.135. The highest BCUT2D eigenvalue weighted by molar-refractivity contribution is 6.10. The highest BCUT2D eigenvalue weighted by atomic mass is 16.2. The summed E-state index contributed by atoms with van der Waals surface area (Å²) < 4.78 is 2.13. The highest BCUT2D eigenvalue weighted by Gasteiger charge is 2.52. The lowest BCUT2D eigenvalue weighted by Crippen LogP contribution is -2.49. The third-order valence-corrected chi connectivity index (χ3v) is 7.46. The molecule has 0 radical (unpaired) electrons. The number of imide groups is 1. The molecule has 1 spiro atoms. The minimum Gasteiger partial charge on any atom is -0.323 e. The molecule has 1 aromatic heterocycles. The standard InChI is InChI=1S/C24H31N5O3/c1-16-11-13-24(14-12-16)21(31)28(23(32)27-24)15-20(30)26-22-25-18-9-5-6-10-19(18)29(22)17-7-3-2-4-8-17/h5-6,9-10,16-17H,2-4,7-8,11-15H2,1H3,(H,27,32)(H,25,26,30). The van der Waals surface area contributed by atoms with Crippen LogP contribution in [0.15, 0.2) is 24.3 Å². The van der Waals surface area contributed by atoms with Crippen molar-refractivity contribution in [3.63, 3.8) is 0 Å². The van der Waals surface area contributed by atoms with E-state index in [1.165, 1.54) is 6.42 Å².